The Morgan fingerprint density at radius 1 is 1.42 bits per heavy atom. The van der Waals surface area contributed by atoms with Gasteiger partial charge in [-0.3, -0.25) is 4.79 Å². The molecule has 0 spiro atoms. The highest BCUT2D eigenvalue weighted by molar-refractivity contribution is 5.78. The summed E-state index contributed by atoms with van der Waals surface area (Å²) in [6.07, 6.45) is 1.98. The molecule has 0 aliphatic heterocycles. The van der Waals surface area contributed by atoms with Crippen LogP contribution in [-0.4, -0.2) is 30.0 Å². The molecule has 0 unspecified atom stereocenters. The zero-order valence-electron chi connectivity index (χ0n) is 10.7. The molecule has 2 N–H and O–H groups in total. The molecule has 1 aromatic carbocycles. The highest BCUT2D eigenvalue weighted by Gasteiger charge is 2.31. The molecule has 0 aromatic heterocycles. The molecule has 0 bridgehead atoms. The number of hydrogen-bond donors (Lipinski definition) is 1. The standard InChI is InChI=1S/C13H16F2N2O2/c1-2-17(8-3-4-8)13(18)7-19-12-6-9(14)11(16)5-10(12)15/h5-6,8H,2-4,7,16H2,1H3. The van der Waals surface area contributed by atoms with Gasteiger partial charge in [-0.1, -0.05) is 0 Å². The average Bonchev–Trinajstić information content (AvgIpc) is 3.17. The van der Waals surface area contributed by atoms with Crippen LogP contribution in [0.1, 0.15) is 19.8 Å². The average molecular weight is 270 g/mol. The molecule has 1 amide bonds. The van der Waals surface area contributed by atoms with Gasteiger partial charge in [-0.15, -0.1) is 0 Å². The van der Waals surface area contributed by atoms with Crippen molar-refractivity contribution >= 4 is 11.6 Å². The zero-order valence-corrected chi connectivity index (χ0v) is 10.7. The molecular formula is C13H16F2N2O2. The monoisotopic (exact) mass is 270 g/mol. The molecule has 0 heterocycles. The van der Waals surface area contributed by atoms with Crippen molar-refractivity contribution in [1.82, 2.24) is 4.90 Å². The van der Waals surface area contributed by atoms with E-state index in [2.05, 4.69) is 0 Å². The minimum Gasteiger partial charge on any atom is -0.481 e. The van der Waals surface area contributed by atoms with E-state index in [-0.39, 0.29) is 30.0 Å². The van der Waals surface area contributed by atoms with Gasteiger partial charge in [0.15, 0.2) is 18.2 Å². The van der Waals surface area contributed by atoms with Crippen LogP contribution in [0.3, 0.4) is 0 Å². The SMILES string of the molecule is CCN(C(=O)COc1cc(F)c(N)cc1F)C1CC1. The fourth-order valence-electron chi connectivity index (χ4n) is 1.90. The van der Waals surface area contributed by atoms with Crippen molar-refractivity contribution in [2.45, 2.75) is 25.8 Å². The van der Waals surface area contributed by atoms with E-state index in [1.54, 1.807) is 4.90 Å². The first-order chi connectivity index (χ1) is 9.02. The van der Waals surface area contributed by atoms with Crippen molar-refractivity contribution in [2.24, 2.45) is 0 Å². The largest absolute Gasteiger partial charge is 0.481 e. The quantitative estimate of drug-likeness (QED) is 0.832. The fourth-order valence-corrected chi connectivity index (χ4v) is 1.90. The van der Waals surface area contributed by atoms with Crippen molar-refractivity contribution in [3.8, 4) is 5.75 Å². The van der Waals surface area contributed by atoms with E-state index >= 15 is 0 Å². The Bertz CT molecular complexity index is 490. The second-order valence-corrected chi connectivity index (χ2v) is 4.50. The summed E-state index contributed by atoms with van der Waals surface area (Å²) in [6, 6.07) is 1.97. The summed E-state index contributed by atoms with van der Waals surface area (Å²) in [5.74, 6) is -2.06. The molecular weight excluding hydrogens is 254 g/mol. The second kappa shape index (κ2) is 5.42. The third kappa shape index (κ3) is 3.13. The molecule has 6 heteroatoms. The maximum absolute atomic E-state index is 13.4. The minimum atomic E-state index is -0.777. The number of anilines is 1. The van der Waals surface area contributed by atoms with Crippen molar-refractivity contribution in [3.63, 3.8) is 0 Å². The fraction of sp³-hybridized carbons (Fsp3) is 0.462. The molecule has 1 aliphatic carbocycles. The van der Waals surface area contributed by atoms with Gasteiger partial charge in [0.2, 0.25) is 0 Å². The molecule has 1 aliphatic rings. The number of rotatable bonds is 5. The summed E-state index contributed by atoms with van der Waals surface area (Å²) in [7, 11) is 0. The van der Waals surface area contributed by atoms with Crippen LogP contribution in [-0.2, 0) is 4.79 Å². The van der Waals surface area contributed by atoms with E-state index in [0.717, 1.165) is 25.0 Å². The molecule has 0 atom stereocenters. The lowest BCUT2D eigenvalue weighted by Crippen LogP contribution is -2.36. The Kier molecular flexibility index (Phi) is 3.87. The first-order valence-electron chi connectivity index (χ1n) is 6.19. The lowest BCUT2D eigenvalue weighted by molar-refractivity contribution is -0.133. The molecule has 1 aromatic rings. The smallest absolute Gasteiger partial charge is 0.260 e. The molecule has 1 fully saturated rings. The first-order valence-corrected chi connectivity index (χ1v) is 6.19. The van der Waals surface area contributed by atoms with Crippen molar-refractivity contribution in [2.75, 3.05) is 18.9 Å². The van der Waals surface area contributed by atoms with Crippen LogP contribution in [0, 0.1) is 11.6 Å². The molecule has 0 saturated heterocycles. The highest BCUT2D eigenvalue weighted by atomic mass is 19.1. The van der Waals surface area contributed by atoms with E-state index < -0.39 is 11.6 Å². The summed E-state index contributed by atoms with van der Waals surface area (Å²) < 4.78 is 31.7. The zero-order chi connectivity index (χ0) is 14.0. The predicted molar refractivity (Wildman–Crippen MR) is 66.7 cm³/mol. The van der Waals surface area contributed by atoms with Gasteiger partial charge in [0.25, 0.3) is 5.91 Å². The summed E-state index contributed by atoms with van der Waals surface area (Å²) in [5, 5.41) is 0. The van der Waals surface area contributed by atoms with Gasteiger partial charge < -0.3 is 15.4 Å². The molecule has 0 radical (unpaired) electrons. The first kappa shape index (κ1) is 13.6. The molecule has 4 nitrogen and oxygen atoms in total. The van der Waals surface area contributed by atoms with Crippen molar-refractivity contribution in [3.05, 3.63) is 23.8 Å². The molecule has 1 saturated carbocycles. The Balaban J connectivity index is 1.98. The lowest BCUT2D eigenvalue weighted by Gasteiger charge is -2.20. The van der Waals surface area contributed by atoms with Crippen LogP contribution < -0.4 is 10.5 Å². The van der Waals surface area contributed by atoms with Gasteiger partial charge in [0, 0.05) is 24.7 Å². The third-order valence-electron chi connectivity index (χ3n) is 3.05. The van der Waals surface area contributed by atoms with E-state index in [4.69, 9.17) is 10.5 Å². The van der Waals surface area contributed by atoms with E-state index in [9.17, 15) is 13.6 Å². The number of likely N-dealkylation sites (N-methyl/N-ethyl adjacent to an activating group) is 1. The Hall–Kier alpha value is -1.85. The maximum Gasteiger partial charge on any atom is 0.260 e. The van der Waals surface area contributed by atoms with Gasteiger partial charge in [-0.2, -0.15) is 0 Å². The van der Waals surface area contributed by atoms with E-state index in [0.29, 0.717) is 6.54 Å². The van der Waals surface area contributed by atoms with Gasteiger partial charge in [-0.05, 0) is 19.8 Å². The molecule has 19 heavy (non-hydrogen) atoms. The maximum atomic E-state index is 13.4. The molecule has 104 valence electrons. The van der Waals surface area contributed by atoms with Crippen LogP contribution in [0.4, 0.5) is 14.5 Å². The number of hydrogen-bond acceptors (Lipinski definition) is 3. The normalized spacial score (nSPS) is 14.3. The lowest BCUT2D eigenvalue weighted by atomic mass is 10.3. The topological polar surface area (TPSA) is 55.6 Å². The number of carbonyl (C=O) groups is 1. The van der Waals surface area contributed by atoms with Gasteiger partial charge in [0.05, 0.1) is 5.69 Å². The van der Waals surface area contributed by atoms with Crippen LogP contribution in [0.5, 0.6) is 5.75 Å². The number of amides is 1. The van der Waals surface area contributed by atoms with E-state index in [1.807, 2.05) is 6.92 Å². The van der Waals surface area contributed by atoms with Crippen molar-refractivity contribution in [1.29, 1.82) is 0 Å². The second-order valence-electron chi connectivity index (χ2n) is 4.50. The van der Waals surface area contributed by atoms with Crippen LogP contribution in [0.25, 0.3) is 0 Å². The Labute approximate surface area is 110 Å². The number of ether oxygens (including phenoxy) is 1. The summed E-state index contributed by atoms with van der Waals surface area (Å²) in [6.45, 7) is 2.16. The van der Waals surface area contributed by atoms with Gasteiger partial charge in [-0.25, -0.2) is 8.78 Å². The summed E-state index contributed by atoms with van der Waals surface area (Å²) in [4.78, 5) is 13.5. The Morgan fingerprint density at radius 2 is 2.11 bits per heavy atom. The predicted octanol–water partition coefficient (Wildman–Crippen LogP) is 1.94. The summed E-state index contributed by atoms with van der Waals surface area (Å²) in [5.41, 5.74) is 4.93. The van der Waals surface area contributed by atoms with Gasteiger partial charge in [0.1, 0.15) is 5.82 Å². The minimum absolute atomic E-state index is 0.221. The third-order valence-corrected chi connectivity index (χ3v) is 3.05. The number of benzene rings is 1. The van der Waals surface area contributed by atoms with Gasteiger partial charge >= 0.3 is 0 Å². The van der Waals surface area contributed by atoms with Crippen LogP contribution >= 0.6 is 0 Å². The number of halogens is 2. The number of nitrogens with zero attached hydrogens (tertiary/aromatic N) is 1. The number of nitrogen functional groups attached to an aromatic ring is 1. The molecule has 2 rings (SSSR count). The van der Waals surface area contributed by atoms with Crippen LogP contribution in [0.15, 0.2) is 12.1 Å². The van der Waals surface area contributed by atoms with E-state index in [1.165, 1.54) is 0 Å². The Morgan fingerprint density at radius 3 is 2.68 bits per heavy atom. The van der Waals surface area contributed by atoms with Crippen LogP contribution in [0.2, 0.25) is 0 Å². The highest BCUT2D eigenvalue weighted by Crippen LogP contribution is 2.27. The van der Waals surface area contributed by atoms with Crippen molar-refractivity contribution < 1.29 is 18.3 Å². The number of carbonyl (C=O) groups excluding carboxylic acids is 1. The number of nitrogens with two attached hydrogens (primary N) is 1. The summed E-state index contributed by atoms with van der Waals surface area (Å²) >= 11 is 0.